The molecule has 10 nitrogen and oxygen atoms in total. The number of quaternary nitrogens is 1. The Kier molecular flexibility index (Phi) is 4.94. The van der Waals surface area contributed by atoms with Crippen molar-refractivity contribution >= 4 is 28.9 Å². The Labute approximate surface area is 182 Å². The molecule has 2 aliphatic carbocycles. The van der Waals surface area contributed by atoms with Crippen molar-refractivity contribution < 1.29 is 19.6 Å². The second-order valence-corrected chi connectivity index (χ2v) is 8.57. The molecular weight excluding hydrogens is 417 g/mol. The highest BCUT2D eigenvalue weighted by molar-refractivity contribution is 6.00. The number of halogens is 1. The van der Waals surface area contributed by atoms with Gasteiger partial charge in [0.05, 0.1) is 32.0 Å². The zero-order valence-corrected chi connectivity index (χ0v) is 17.6. The smallest absolute Gasteiger partial charge is 0.274 e. The number of amides is 1. The Bertz CT molecular complexity index is 1250. The third-order valence-corrected chi connectivity index (χ3v) is 6.23. The molecule has 2 atom stereocenters. The third kappa shape index (κ3) is 3.63. The Morgan fingerprint density at radius 3 is 2.88 bits per heavy atom. The lowest BCUT2D eigenvalue weighted by Crippen LogP contribution is -2.73. The molecule has 3 aromatic heterocycles. The van der Waals surface area contributed by atoms with E-state index < -0.39 is 12.2 Å². The van der Waals surface area contributed by atoms with Gasteiger partial charge in [0.25, 0.3) is 11.5 Å². The van der Waals surface area contributed by atoms with Crippen LogP contribution in [0.15, 0.2) is 35.4 Å². The van der Waals surface area contributed by atoms with Crippen molar-refractivity contribution in [2.75, 3.05) is 25.5 Å². The molecule has 0 radical (unpaired) electrons. The maximum atomic E-state index is 13.5. The van der Waals surface area contributed by atoms with E-state index in [4.69, 9.17) is 0 Å². The summed E-state index contributed by atoms with van der Waals surface area (Å²) in [6.07, 6.45) is 4.16. The maximum absolute atomic E-state index is 13.5. The van der Waals surface area contributed by atoms with Gasteiger partial charge in [-0.15, -0.1) is 0 Å². The highest BCUT2D eigenvalue weighted by Crippen LogP contribution is 2.44. The van der Waals surface area contributed by atoms with Crippen molar-refractivity contribution in [2.45, 2.75) is 31.5 Å². The van der Waals surface area contributed by atoms with Crippen LogP contribution in [0.25, 0.3) is 5.65 Å². The Hall–Kier alpha value is -3.31. The first-order valence-electron chi connectivity index (χ1n) is 10.6. The molecule has 3 aromatic rings. The molecule has 2 saturated carbocycles. The Morgan fingerprint density at radius 1 is 1.44 bits per heavy atom. The molecule has 5 rings (SSSR count). The largest absolute Gasteiger partial charge is 0.396 e. The second kappa shape index (κ2) is 7.68. The summed E-state index contributed by atoms with van der Waals surface area (Å²) < 4.78 is 16.4. The van der Waals surface area contributed by atoms with Gasteiger partial charge in [-0.3, -0.25) is 14.9 Å². The van der Waals surface area contributed by atoms with Crippen LogP contribution in [0.5, 0.6) is 0 Å². The summed E-state index contributed by atoms with van der Waals surface area (Å²) in [6, 6.07) is 4.60. The molecule has 2 fully saturated rings. The fourth-order valence-electron chi connectivity index (χ4n) is 3.79. The molecule has 0 spiro atoms. The summed E-state index contributed by atoms with van der Waals surface area (Å²) in [5, 5.41) is 21.5. The van der Waals surface area contributed by atoms with Crippen LogP contribution in [-0.2, 0) is 0 Å². The van der Waals surface area contributed by atoms with Crippen molar-refractivity contribution in [1.82, 2.24) is 24.5 Å². The van der Waals surface area contributed by atoms with Gasteiger partial charge < -0.3 is 20.3 Å². The fraction of sp³-hybridized carbons (Fsp3) is 0.429. The number of carbonyl (C=O) groups excluding carboxylic acids is 1. The molecule has 5 N–H and O–H groups in total. The zero-order chi connectivity index (χ0) is 22.5. The Balaban J connectivity index is 1.45. The summed E-state index contributed by atoms with van der Waals surface area (Å²) in [6.45, 7) is 0.437. The van der Waals surface area contributed by atoms with E-state index in [2.05, 4.69) is 20.7 Å². The van der Waals surface area contributed by atoms with Crippen LogP contribution in [0.4, 0.5) is 21.7 Å². The van der Waals surface area contributed by atoms with Crippen LogP contribution in [0, 0.1) is 5.41 Å². The van der Waals surface area contributed by atoms with Crippen LogP contribution in [0.2, 0.25) is 0 Å². The maximum Gasteiger partial charge on any atom is 0.274 e. The summed E-state index contributed by atoms with van der Waals surface area (Å²) >= 11 is 0. The number of alkyl halides is 1. The molecule has 2 aliphatic rings. The van der Waals surface area contributed by atoms with E-state index in [1.54, 1.807) is 28.9 Å². The van der Waals surface area contributed by atoms with Gasteiger partial charge in [0.2, 0.25) is 5.82 Å². The van der Waals surface area contributed by atoms with E-state index in [9.17, 15) is 19.1 Å². The predicted octanol–water partition coefficient (Wildman–Crippen LogP) is 0.245. The lowest BCUT2D eigenvalue weighted by atomic mass is 10.1. The number of carbonyl (C=O) groups is 1. The molecule has 168 valence electrons. The predicted molar refractivity (Wildman–Crippen MR) is 114 cm³/mol. The van der Waals surface area contributed by atoms with Crippen molar-refractivity contribution in [3.05, 3.63) is 46.5 Å². The third-order valence-electron chi connectivity index (χ3n) is 6.23. The second-order valence-electron chi connectivity index (χ2n) is 8.57. The van der Waals surface area contributed by atoms with Crippen LogP contribution < -0.4 is 21.5 Å². The highest BCUT2D eigenvalue weighted by Gasteiger charge is 2.42. The minimum absolute atomic E-state index is 0.0436. The monoisotopic (exact) mass is 442 g/mol. The van der Waals surface area contributed by atoms with E-state index in [0.717, 1.165) is 12.8 Å². The van der Waals surface area contributed by atoms with E-state index in [1.807, 2.05) is 12.4 Å². The SMILES string of the molecule is C[NH2+]c1cc(Nc2cccn([C@H]3C[C@@H]3F)c2=O)nc2c(C(=O)NCC3(CO)CC3)cnn12. The lowest BCUT2D eigenvalue weighted by molar-refractivity contribution is -0.544. The summed E-state index contributed by atoms with van der Waals surface area (Å²) in [4.78, 5) is 30.1. The van der Waals surface area contributed by atoms with Gasteiger partial charge in [-0.05, 0) is 25.0 Å². The number of nitrogens with one attached hydrogen (secondary N) is 2. The highest BCUT2D eigenvalue weighted by atomic mass is 19.1. The van der Waals surface area contributed by atoms with Gasteiger partial charge in [-0.2, -0.15) is 9.61 Å². The topological polar surface area (TPSA) is 130 Å². The minimum Gasteiger partial charge on any atom is -0.396 e. The van der Waals surface area contributed by atoms with Gasteiger partial charge in [0.1, 0.15) is 23.2 Å². The van der Waals surface area contributed by atoms with Crippen LogP contribution in [0.3, 0.4) is 0 Å². The number of hydrogen-bond acceptors (Lipinski definition) is 6. The summed E-state index contributed by atoms with van der Waals surface area (Å²) in [5.74, 6) is 0.737. The quantitative estimate of drug-likeness (QED) is 0.396. The number of hydrogen-bond donors (Lipinski definition) is 4. The summed E-state index contributed by atoms with van der Waals surface area (Å²) in [5.41, 5.74) is 0.376. The molecule has 1 amide bonds. The van der Waals surface area contributed by atoms with Crippen LogP contribution in [-0.4, -0.2) is 56.5 Å². The molecule has 0 aliphatic heterocycles. The number of aromatic nitrogens is 4. The Morgan fingerprint density at radius 2 is 2.22 bits per heavy atom. The van der Waals surface area contributed by atoms with Crippen molar-refractivity contribution in [3.8, 4) is 0 Å². The van der Waals surface area contributed by atoms with Crippen LogP contribution >= 0.6 is 0 Å². The van der Waals surface area contributed by atoms with E-state index in [-0.39, 0.29) is 29.2 Å². The average Bonchev–Trinajstić information content (AvgIpc) is 3.69. The molecule has 0 bridgehead atoms. The first-order chi connectivity index (χ1) is 15.4. The molecule has 0 aromatic carbocycles. The number of nitrogens with zero attached hydrogens (tertiary/aromatic N) is 4. The van der Waals surface area contributed by atoms with Crippen LogP contribution in [0.1, 0.15) is 35.7 Å². The minimum atomic E-state index is -0.993. The number of nitrogens with two attached hydrogens (primary N) is 1. The number of aliphatic hydroxyl groups is 1. The number of aliphatic hydroxyl groups excluding tert-OH is 1. The lowest BCUT2D eigenvalue weighted by Gasteiger charge is -2.12. The van der Waals surface area contributed by atoms with Gasteiger partial charge in [0, 0.05) is 24.6 Å². The van der Waals surface area contributed by atoms with E-state index >= 15 is 0 Å². The first-order valence-corrected chi connectivity index (χ1v) is 10.6. The molecule has 32 heavy (non-hydrogen) atoms. The average molecular weight is 442 g/mol. The van der Waals surface area contributed by atoms with Gasteiger partial charge >= 0.3 is 0 Å². The number of fused-ring (bicyclic) bond motifs is 1. The molecule has 3 heterocycles. The zero-order valence-electron chi connectivity index (χ0n) is 17.6. The number of rotatable bonds is 8. The number of pyridine rings is 1. The van der Waals surface area contributed by atoms with Crippen molar-refractivity contribution in [3.63, 3.8) is 0 Å². The summed E-state index contributed by atoms with van der Waals surface area (Å²) in [7, 11) is 1.84. The molecule has 0 unspecified atom stereocenters. The molecule has 11 heteroatoms. The van der Waals surface area contributed by atoms with E-state index in [1.165, 1.54) is 10.8 Å². The molecule has 0 saturated heterocycles. The fourth-order valence-corrected chi connectivity index (χ4v) is 3.79. The van der Waals surface area contributed by atoms with Crippen molar-refractivity contribution in [1.29, 1.82) is 0 Å². The van der Waals surface area contributed by atoms with Crippen molar-refractivity contribution in [2.24, 2.45) is 5.41 Å². The molecular formula is C21H25FN7O3+. The first kappa shape index (κ1) is 20.6. The normalized spacial score (nSPS) is 20.8. The number of anilines is 2. The van der Waals surface area contributed by atoms with E-state index in [0.29, 0.717) is 35.8 Å². The van der Waals surface area contributed by atoms with Gasteiger partial charge in [0.15, 0.2) is 5.65 Å². The van der Waals surface area contributed by atoms with Gasteiger partial charge in [-0.25, -0.2) is 9.37 Å². The van der Waals surface area contributed by atoms with Gasteiger partial charge in [-0.1, -0.05) is 0 Å². The standard InChI is InChI=1S/C21H24FN7O3/c1-23-17-8-16(26-14-3-2-6-28(20(14)32)15-7-13(15)22)27-18-12(9-25-29(17)18)19(31)24-10-21(11-30)4-5-21/h2-3,6,8-9,13,15,23,30H,4-5,7,10-11H2,1H3,(H,24,31)(H,26,27)/p+1/t13-,15-/m0/s1.